The Hall–Kier alpha value is -3.12. The van der Waals surface area contributed by atoms with Gasteiger partial charge in [0, 0.05) is 19.0 Å². The predicted octanol–water partition coefficient (Wildman–Crippen LogP) is 1.26. The Morgan fingerprint density at radius 2 is 1.88 bits per heavy atom. The van der Waals surface area contributed by atoms with E-state index >= 15 is 0 Å². The van der Waals surface area contributed by atoms with Crippen LogP contribution in [-0.4, -0.2) is 11.6 Å². The molecule has 2 heterocycles. The fourth-order valence-electron chi connectivity index (χ4n) is 3.37. The van der Waals surface area contributed by atoms with Gasteiger partial charge in [-0.25, -0.2) is 10.6 Å². The molecule has 6 heteroatoms. The lowest BCUT2D eigenvalue weighted by molar-refractivity contribution is -0.618. The summed E-state index contributed by atoms with van der Waals surface area (Å²) in [6.45, 7) is 0.644. The summed E-state index contributed by atoms with van der Waals surface area (Å²) in [7, 11) is 1.80. The number of nitrogens with zero attached hydrogens (tertiary/aromatic N) is 3. The van der Waals surface area contributed by atoms with Gasteiger partial charge in [0.15, 0.2) is 5.52 Å². The minimum absolute atomic E-state index is 0.0100. The van der Waals surface area contributed by atoms with Crippen LogP contribution in [0.4, 0.5) is 5.69 Å². The van der Waals surface area contributed by atoms with Gasteiger partial charge in [-0.05, 0) is 35.9 Å². The van der Waals surface area contributed by atoms with Crippen LogP contribution < -0.4 is 26.9 Å². The highest BCUT2D eigenvalue weighted by Crippen LogP contribution is 2.26. The van der Waals surface area contributed by atoms with Crippen molar-refractivity contribution in [2.45, 2.75) is 13.0 Å². The van der Waals surface area contributed by atoms with Crippen LogP contribution in [-0.2, 0) is 6.54 Å². The number of rotatable bonds is 2. The van der Waals surface area contributed by atoms with E-state index in [1.54, 1.807) is 21.3 Å². The molecule has 6 nitrogen and oxygen atoms in total. The molecule has 1 aromatic heterocycles. The van der Waals surface area contributed by atoms with E-state index in [0.717, 1.165) is 34.6 Å². The maximum atomic E-state index is 12.7. The molecule has 4 rings (SSSR count). The van der Waals surface area contributed by atoms with Crippen LogP contribution in [0.25, 0.3) is 22.6 Å². The minimum Gasteiger partial charge on any atom is -0.314 e. The summed E-state index contributed by atoms with van der Waals surface area (Å²) in [4.78, 5) is 12.7. The third kappa shape index (κ3) is 2.47. The van der Waals surface area contributed by atoms with Crippen molar-refractivity contribution in [1.29, 1.82) is 0 Å². The fourth-order valence-corrected chi connectivity index (χ4v) is 3.37. The first-order valence-corrected chi connectivity index (χ1v) is 8.18. The summed E-state index contributed by atoms with van der Waals surface area (Å²) in [5, 5.41) is 2.21. The van der Waals surface area contributed by atoms with Gasteiger partial charge in [-0.3, -0.25) is 5.84 Å². The van der Waals surface area contributed by atoms with Crippen molar-refractivity contribution in [3.05, 3.63) is 70.3 Å². The molecule has 0 unspecified atom stereocenters. The zero-order chi connectivity index (χ0) is 17.6. The number of benzene rings is 2. The highest BCUT2D eigenvalue weighted by Gasteiger charge is 2.31. The molecule has 4 N–H and O–H groups in total. The molecule has 0 radical (unpaired) electrons. The molecule has 0 amide bonds. The van der Waals surface area contributed by atoms with Crippen LogP contribution in [0, 0.1) is 0 Å². The Balaban J connectivity index is 1.85. The second kappa shape index (κ2) is 5.75. The average Bonchev–Trinajstić information content (AvgIpc) is 3.04. The summed E-state index contributed by atoms with van der Waals surface area (Å²) >= 11 is 0. The van der Waals surface area contributed by atoms with Gasteiger partial charge in [0.05, 0.1) is 12.2 Å². The van der Waals surface area contributed by atoms with Gasteiger partial charge < -0.3 is 5.01 Å². The molecule has 1 aliphatic rings. The van der Waals surface area contributed by atoms with Crippen LogP contribution in [0.5, 0.6) is 0 Å². The highest BCUT2D eigenvalue weighted by molar-refractivity contribution is 5.82. The first-order chi connectivity index (χ1) is 12.1. The van der Waals surface area contributed by atoms with Crippen LogP contribution in [0.2, 0.25) is 0 Å². The molecular weight excluding hydrogens is 314 g/mol. The summed E-state index contributed by atoms with van der Waals surface area (Å²) < 4.78 is 3.38. The van der Waals surface area contributed by atoms with Crippen LogP contribution in [0.3, 0.4) is 0 Å². The van der Waals surface area contributed by atoms with Crippen LogP contribution in [0.1, 0.15) is 17.8 Å². The maximum absolute atomic E-state index is 12.7. The second-order valence-corrected chi connectivity index (χ2v) is 6.29. The van der Waals surface area contributed by atoms with Gasteiger partial charge in [0.1, 0.15) is 5.39 Å². The molecule has 1 aliphatic heterocycles. The van der Waals surface area contributed by atoms with Crippen molar-refractivity contribution in [3.8, 4) is 0 Å². The molecule has 0 saturated heterocycles. The number of para-hydroxylation sites is 1. The number of fused-ring (bicyclic) bond motifs is 2. The van der Waals surface area contributed by atoms with Gasteiger partial charge >= 0.3 is 11.4 Å². The standard InChI is InChI=1S/C19H20N5O/c1-22(20)15-8-6-13(7-9-15)12-14-10-11-23-18(14)24(21)17-5-3-2-4-16(17)19(23)25/h2-9,12H,10-11,20-21H2,1H3/q+1. The molecule has 126 valence electrons. The molecule has 2 aromatic carbocycles. The maximum Gasteiger partial charge on any atom is 0.345 e. The van der Waals surface area contributed by atoms with Crippen LogP contribution in [0.15, 0.2) is 53.3 Å². The second-order valence-electron chi connectivity index (χ2n) is 6.29. The van der Waals surface area contributed by atoms with E-state index in [0.29, 0.717) is 11.9 Å². The van der Waals surface area contributed by atoms with Gasteiger partial charge in [-0.2, -0.15) is 4.57 Å². The highest BCUT2D eigenvalue weighted by atomic mass is 16.1. The number of nitrogens with two attached hydrogens (primary N) is 2. The third-order valence-electron chi connectivity index (χ3n) is 4.66. The van der Waals surface area contributed by atoms with Crippen molar-refractivity contribution in [2.75, 3.05) is 17.9 Å². The van der Waals surface area contributed by atoms with Gasteiger partial charge in [0.2, 0.25) is 0 Å². The van der Waals surface area contributed by atoms with Crippen molar-refractivity contribution >= 4 is 28.2 Å². The molecule has 0 saturated carbocycles. The van der Waals surface area contributed by atoms with E-state index in [1.165, 1.54) is 0 Å². The normalized spacial score (nSPS) is 14.9. The van der Waals surface area contributed by atoms with E-state index in [4.69, 9.17) is 11.7 Å². The quantitative estimate of drug-likeness (QED) is 0.420. The minimum atomic E-state index is 0.0100. The summed E-state index contributed by atoms with van der Waals surface area (Å²) in [6, 6.07) is 15.4. The van der Waals surface area contributed by atoms with Crippen molar-refractivity contribution in [1.82, 2.24) is 4.57 Å². The number of hydrazine groups is 1. The molecule has 0 fully saturated rings. The molecule has 0 atom stereocenters. The predicted molar refractivity (Wildman–Crippen MR) is 100 cm³/mol. The van der Waals surface area contributed by atoms with Crippen LogP contribution >= 0.6 is 0 Å². The zero-order valence-corrected chi connectivity index (χ0v) is 14.0. The number of hydrogen-bond acceptors (Lipinski definition) is 4. The smallest absolute Gasteiger partial charge is 0.314 e. The Morgan fingerprint density at radius 1 is 1.16 bits per heavy atom. The third-order valence-corrected chi connectivity index (χ3v) is 4.66. The molecule has 0 bridgehead atoms. The number of hydrogen-bond donors (Lipinski definition) is 2. The Kier molecular flexibility index (Phi) is 3.54. The molecule has 25 heavy (non-hydrogen) atoms. The van der Waals surface area contributed by atoms with E-state index in [9.17, 15) is 4.79 Å². The number of allylic oxidation sites excluding steroid dienone is 1. The molecule has 3 aromatic rings. The summed E-state index contributed by atoms with van der Waals surface area (Å²) in [6.07, 6.45) is 2.86. The zero-order valence-electron chi connectivity index (χ0n) is 14.0. The topological polar surface area (TPSA) is 81.2 Å². The van der Waals surface area contributed by atoms with E-state index in [1.807, 2.05) is 48.5 Å². The lowest BCUT2D eigenvalue weighted by atomic mass is 10.1. The lowest BCUT2D eigenvalue weighted by Crippen LogP contribution is -2.52. The molecule has 0 aliphatic carbocycles. The fraction of sp³-hybridized carbons (Fsp3) is 0.158. The Labute approximate surface area is 145 Å². The Bertz CT molecular complexity index is 1050. The number of anilines is 1. The number of nitrogen functional groups attached to an aromatic ring is 1. The lowest BCUT2D eigenvalue weighted by Gasteiger charge is -2.11. The summed E-state index contributed by atoms with van der Waals surface area (Å²) in [5.74, 6) is 12.8. The summed E-state index contributed by atoms with van der Waals surface area (Å²) in [5.41, 5.74) is 3.79. The van der Waals surface area contributed by atoms with Crippen molar-refractivity contribution in [3.63, 3.8) is 0 Å². The largest absolute Gasteiger partial charge is 0.345 e. The SMILES string of the molecule is CN(N)c1ccc(/C=C2\CCn3c2[n+](N)c2ccccc2c3=O)cc1. The van der Waals surface area contributed by atoms with Gasteiger partial charge in [-0.15, -0.1) is 4.68 Å². The average molecular weight is 334 g/mol. The van der Waals surface area contributed by atoms with Crippen molar-refractivity contribution in [2.24, 2.45) is 5.84 Å². The van der Waals surface area contributed by atoms with Crippen molar-refractivity contribution < 1.29 is 4.68 Å². The monoisotopic (exact) mass is 334 g/mol. The van der Waals surface area contributed by atoms with Gasteiger partial charge in [-0.1, -0.05) is 24.3 Å². The first kappa shape index (κ1) is 15.4. The molecule has 0 spiro atoms. The Morgan fingerprint density at radius 3 is 2.60 bits per heavy atom. The molecular formula is C19H20N5O+. The van der Waals surface area contributed by atoms with E-state index < -0.39 is 0 Å². The number of aromatic nitrogens is 2. The van der Waals surface area contributed by atoms with E-state index in [-0.39, 0.29) is 5.56 Å². The van der Waals surface area contributed by atoms with Gasteiger partial charge in [0.25, 0.3) is 0 Å². The first-order valence-electron chi connectivity index (χ1n) is 8.18. The van der Waals surface area contributed by atoms with E-state index in [2.05, 4.69) is 6.08 Å².